The van der Waals surface area contributed by atoms with E-state index in [2.05, 4.69) is 0 Å². The number of hydrogen-bond acceptors (Lipinski definition) is 4. The molecule has 1 aromatic carbocycles. The lowest BCUT2D eigenvalue weighted by atomic mass is 10.1. The average Bonchev–Trinajstić information content (AvgIpc) is 2.37. The molecule has 0 amide bonds. The lowest BCUT2D eigenvalue weighted by molar-refractivity contribution is -0.151. The largest absolute Gasteiger partial charge is 0.478 e. The Balaban J connectivity index is 2.91. The summed E-state index contributed by atoms with van der Waals surface area (Å²) < 4.78 is 10.8. The molecule has 2 atom stereocenters. The Kier molecular flexibility index (Phi) is 6.82. The zero-order valence-electron chi connectivity index (χ0n) is 12.2. The maximum atomic E-state index is 11.8. The van der Waals surface area contributed by atoms with Crippen molar-refractivity contribution in [3.8, 4) is 5.75 Å². The molecule has 4 nitrogen and oxygen atoms in total. The lowest BCUT2D eigenvalue weighted by Crippen LogP contribution is -2.29. The molecule has 0 spiro atoms. The van der Waals surface area contributed by atoms with Crippen LogP contribution in [0.1, 0.15) is 32.8 Å². The zero-order chi connectivity index (χ0) is 15.1. The predicted octanol–water partition coefficient (Wildman–Crippen LogP) is 2.95. The molecule has 1 rings (SSSR count). The van der Waals surface area contributed by atoms with E-state index in [9.17, 15) is 4.79 Å². The van der Waals surface area contributed by atoms with Crippen molar-refractivity contribution in [3.63, 3.8) is 0 Å². The molecule has 0 bridgehead atoms. The lowest BCUT2D eigenvalue weighted by Gasteiger charge is -2.19. The van der Waals surface area contributed by atoms with Gasteiger partial charge in [-0.2, -0.15) is 0 Å². The van der Waals surface area contributed by atoms with E-state index < -0.39 is 6.10 Å². The van der Waals surface area contributed by atoms with Crippen molar-refractivity contribution >= 4 is 17.6 Å². The number of ether oxygens (including phenoxy) is 2. The molecule has 0 aromatic heterocycles. The van der Waals surface area contributed by atoms with Gasteiger partial charge >= 0.3 is 5.97 Å². The Bertz CT molecular complexity index is 449. The molecule has 5 heteroatoms. The van der Waals surface area contributed by atoms with Crippen molar-refractivity contribution in [1.29, 1.82) is 0 Å². The van der Waals surface area contributed by atoms with Crippen LogP contribution in [0.3, 0.4) is 0 Å². The summed E-state index contributed by atoms with van der Waals surface area (Å²) in [5.74, 6) is 0.281. The second-order valence-corrected chi connectivity index (χ2v) is 5.14. The highest BCUT2D eigenvalue weighted by Crippen LogP contribution is 2.25. The summed E-state index contributed by atoms with van der Waals surface area (Å²) in [6, 6.07) is 5.30. The van der Waals surface area contributed by atoms with Crippen LogP contribution < -0.4 is 10.5 Å². The van der Waals surface area contributed by atoms with Crippen LogP contribution in [0.4, 0.5) is 0 Å². The quantitative estimate of drug-likeness (QED) is 0.786. The summed E-state index contributed by atoms with van der Waals surface area (Å²) in [5, 5.41) is 0.622. The Morgan fingerprint density at radius 3 is 2.65 bits per heavy atom. The molecule has 112 valence electrons. The fourth-order valence-corrected chi connectivity index (χ4v) is 2.05. The summed E-state index contributed by atoms with van der Waals surface area (Å²) in [4.78, 5) is 11.8. The molecule has 0 radical (unpaired) electrons. The topological polar surface area (TPSA) is 61.5 Å². The van der Waals surface area contributed by atoms with Crippen molar-refractivity contribution in [2.75, 3.05) is 6.61 Å². The summed E-state index contributed by atoms with van der Waals surface area (Å²) in [5.41, 5.74) is 6.72. The fraction of sp³-hybridized carbons (Fsp3) is 0.533. The molecule has 1 aromatic rings. The van der Waals surface area contributed by atoms with Crippen LogP contribution in [0.15, 0.2) is 18.2 Å². The third-order valence-corrected chi connectivity index (χ3v) is 2.99. The van der Waals surface area contributed by atoms with Gasteiger partial charge in [0, 0.05) is 11.1 Å². The maximum Gasteiger partial charge on any atom is 0.347 e. The van der Waals surface area contributed by atoms with E-state index in [0.29, 0.717) is 30.2 Å². The van der Waals surface area contributed by atoms with E-state index in [1.54, 1.807) is 19.1 Å². The predicted molar refractivity (Wildman–Crippen MR) is 80.1 cm³/mol. The van der Waals surface area contributed by atoms with Gasteiger partial charge < -0.3 is 15.2 Å². The molecule has 0 aliphatic heterocycles. The number of nitrogens with two attached hydrogens (primary N) is 1. The standard InChI is InChI=1S/C15H22ClNO3/c1-4-13(15(18)19-5-2)20-14-7-6-12(16)9-11(14)8-10(3)17/h6-7,9-10,13H,4-5,8,17H2,1-3H3. The summed E-state index contributed by atoms with van der Waals surface area (Å²) in [6.07, 6.45) is 0.566. The molecule has 0 saturated carbocycles. The first-order valence-electron chi connectivity index (χ1n) is 6.85. The fourth-order valence-electron chi connectivity index (χ4n) is 1.86. The summed E-state index contributed by atoms with van der Waals surface area (Å²) in [6.45, 7) is 5.90. The van der Waals surface area contributed by atoms with Gasteiger partial charge in [0.1, 0.15) is 5.75 Å². The third kappa shape index (κ3) is 5.02. The average molecular weight is 300 g/mol. The molecular formula is C15H22ClNO3. The van der Waals surface area contributed by atoms with Gasteiger partial charge in [0.05, 0.1) is 6.61 Å². The van der Waals surface area contributed by atoms with Gasteiger partial charge in [-0.15, -0.1) is 0 Å². The van der Waals surface area contributed by atoms with E-state index in [1.807, 2.05) is 19.9 Å². The van der Waals surface area contributed by atoms with Gasteiger partial charge in [-0.05, 0) is 50.5 Å². The highest BCUT2D eigenvalue weighted by molar-refractivity contribution is 6.30. The zero-order valence-corrected chi connectivity index (χ0v) is 12.9. The van der Waals surface area contributed by atoms with E-state index in [-0.39, 0.29) is 12.0 Å². The minimum absolute atomic E-state index is 0.0153. The van der Waals surface area contributed by atoms with Gasteiger partial charge in [0.25, 0.3) is 0 Å². The highest BCUT2D eigenvalue weighted by Gasteiger charge is 2.21. The van der Waals surface area contributed by atoms with Crippen LogP contribution in [0.2, 0.25) is 5.02 Å². The van der Waals surface area contributed by atoms with Gasteiger partial charge in [-0.3, -0.25) is 0 Å². The van der Waals surface area contributed by atoms with E-state index in [1.165, 1.54) is 0 Å². The third-order valence-electron chi connectivity index (χ3n) is 2.75. The van der Waals surface area contributed by atoms with Crippen molar-refractivity contribution < 1.29 is 14.3 Å². The van der Waals surface area contributed by atoms with E-state index in [0.717, 1.165) is 5.56 Å². The van der Waals surface area contributed by atoms with Gasteiger partial charge in [-0.1, -0.05) is 18.5 Å². The number of esters is 1. The summed E-state index contributed by atoms with van der Waals surface area (Å²) in [7, 11) is 0. The van der Waals surface area contributed by atoms with E-state index >= 15 is 0 Å². The summed E-state index contributed by atoms with van der Waals surface area (Å²) >= 11 is 5.99. The minimum atomic E-state index is -0.608. The number of carbonyl (C=O) groups excluding carboxylic acids is 1. The second kappa shape index (κ2) is 8.12. The first-order valence-corrected chi connectivity index (χ1v) is 7.23. The first kappa shape index (κ1) is 16.8. The van der Waals surface area contributed by atoms with Crippen molar-refractivity contribution in [2.45, 2.75) is 45.8 Å². The maximum absolute atomic E-state index is 11.8. The normalized spacial score (nSPS) is 13.7. The number of halogens is 1. The molecule has 0 aliphatic rings. The number of hydrogen-bond donors (Lipinski definition) is 1. The van der Waals surface area contributed by atoms with Gasteiger partial charge in [-0.25, -0.2) is 4.79 Å². The molecule has 20 heavy (non-hydrogen) atoms. The van der Waals surface area contributed by atoms with Gasteiger partial charge in [0.15, 0.2) is 6.10 Å². The molecule has 0 fully saturated rings. The first-order chi connectivity index (χ1) is 9.47. The van der Waals surface area contributed by atoms with Crippen molar-refractivity contribution in [2.24, 2.45) is 5.73 Å². The van der Waals surface area contributed by atoms with E-state index in [4.69, 9.17) is 26.8 Å². The monoisotopic (exact) mass is 299 g/mol. The van der Waals surface area contributed by atoms with Crippen molar-refractivity contribution in [3.05, 3.63) is 28.8 Å². The smallest absolute Gasteiger partial charge is 0.347 e. The SMILES string of the molecule is CCOC(=O)C(CC)Oc1ccc(Cl)cc1CC(C)N. The molecule has 0 heterocycles. The second-order valence-electron chi connectivity index (χ2n) is 4.70. The van der Waals surface area contributed by atoms with Crippen LogP contribution >= 0.6 is 11.6 Å². The Hall–Kier alpha value is -1.26. The number of rotatable bonds is 7. The Morgan fingerprint density at radius 1 is 1.40 bits per heavy atom. The number of benzene rings is 1. The van der Waals surface area contributed by atoms with Crippen molar-refractivity contribution in [1.82, 2.24) is 0 Å². The van der Waals surface area contributed by atoms with Crippen LogP contribution in [0.5, 0.6) is 5.75 Å². The van der Waals surface area contributed by atoms with Crippen LogP contribution in [0, 0.1) is 0 Å². The molecule has 2 unspecified atom stereocenters. The molecule has 0 saturated heterocycles. The van der Waals surface area contributed by atoms with Crippen LogP contribution in [0.25, 0.3) is 0 Å². The Labute approximate surface area is 125 Å². The molecule has 2 N–H and O–H groups in total. The highest BCUT2D eigenvalue weighted by atomic mass is 35.5. The Morgan fingerprint density at radius 2 is 2.10 bits per heavy atom. The van der Waals surface area contributed by atoms with Gasteiger partial charge in [0.2, 0.25) is 0 Å². The molecular weight excluding hydrogens is 278 g/mol. The molecule has 0 aliphatic carbocycles. The van der Waals surface area contributed by atoms with Crippen LogP contribution in [-0.2, 0) is 16.0 Å². The minimum Gasteiger partial charge on any atom is -0.478 e. The number of carbonyl (C=O) groups is 1. The van der Waals surface area contributed by atoms with Crippen LogP contribution in [-0.4, -0.2) is 24.7 Å².